The molecule has 0 radical (unpaired) electrons. The molecule has 2 rings (SSSR count). The van der Waals surface area contributed by atoms with E-state index in [4.69, 9.17) is 5.73 Å². The normalized spacial score (nSPS) is 9.70. The Labute approximate surface area is 123 Å². The monoisotopic (exact) mass is 284 g/mol. The van der Waals surface area contributed by atoms with Crippen molar-refractivity contribution in [1.82, 2.24) is 4.90 Å². The maximum Gasteiger partial charge on any atom is 0.264 e. The van der Waals surface area contributed by atoms with Crippen molar-refractivity contribution in [2.75, 3.05) is 13.6 Å². The van der Waals surface area contributed by atoms with E-state index < -0.39 is 0 Å². The third-order valence-electron chi connectivity index (χ3n) is 2.74. The number of nitrogens with zero attached hydrogens (tertiary/aromatic N) is 1. The molecule has 102 valence electrons. The van der Waals surface area contributed by atoms with Crippen LogP contribution in [0.4, 0.5) is 0 Å². The van der Waals surface area contributed by atoms with E-state index in [2.05, 4.69) is 11.8 Å². The van der Waals surface area contributed by atoms with Crippen LogP contribution in [0, 0.1) is 11.8 Å². The first kappa shape index (κ1) is 14.3. The molecule has 0 fully saturated rings. The molecule has 2 aromatic rings. The van der Waals surface area contributed by atoms with Gasteiger partial charge < -0.3 is 10.6 Å². The fourth-order valence-electron chi connectivity index (χ4n) is 1.78. The van der Waals surface area contributed by atoms with Gasteiger partial charge >= 0.3 is 0 Å². The molecule has 0 bridgehead atoms. The second-order valence-electron chi connectivity index (χ2n) is 4.32. The van der Waals surface area contributed by atoms with E-state index in [1.54, 1.807) is 11.9 Å². The summed E-state index contributed by atoms with van der Waals surface area (Å²) in [5.74, 6) is 5.74. The molecule has 0 aliphatic heterocycles. The molecule has 0 saturated carbocycles. The minimum absolute atomic E-state index is 0.0136. The molecule has 0 spiro atoms. The molecule has 3 nitrogen and oxygen atoms in total. The summed E-state index contributed by atoms with van der Waals surface area (Å²) in [6, 6.07) is 13.6. The molecule has 1 heterocycles. The van der Waals surface area contributed by atoms with Crippen LogP contribution in [0.5, 0.6) is 0 Å². The van der Waals surface area contributed by atoms with Gasteiger partial charge in [-0.1, -0.05) is 42.2 Å². The number of rotatable bonds is 3. The molecule has 1 aromatic heterocycles. The molecule has 1 aromatic carbocycles. The predicted molar refractivity (Wildman–Crippen MR) is 82.5 cm³/mol. The van der Waals surface area contributed by atoms with E-state index in [1.165, 1.54) is 11.3 Å². The molecular weight excluding hydrogens is 268 g/mol. The summed E-state index contributed by atoms with van der Waals surface area (Å²) in [6.07, 6.45) is 0. The van der Waals surface area contributed by atoms with Gasteiger partial charge in [0.2, 0.25) is 0 Å². The second kappa shape index (κ2) is 6.90. The molecule has 0 unspecified atom stereocenters. The molecule has 2 N–H and O–H groups in total. The number of benzene rings is 1. The van der Waals surface area contributed by atoms with Crippen molar-refractivity contribution in [3.05, 3.63) is 57.8 Å². The predicted octanol–water partition coefficient (Wildman–Crippen LogP) is 2.33. The third-order valence-corrected chi connectivity index (χ3v) is 3.73. The zero-order valence-electron chi connectivity index (χ0n) is 11.3. The van der Waals surface area contributed by atoms with Gasteiger partial charge in [0.1, 0.15) is 0 Å². The maximum absolute atomic E-state index is 12.3. The Morgan fingerprint density at radius 1 is 1.25 bits per heavy atom. The molecule has 4 heteroatoms. The lowest BCUT2D eigenvalue weighted by Crippen LogP contribution is -2.25. The van der Waals surface area contributed by atoms with Gasteiger partial charge in [0.15, 0.2) is 0 Å². The first-order chi connectivity index (χ1) is 9.70. The Balaban J connectivity index is 2.05. The van der Waals surface area contributed by atoms with Gasteiger partial charge in [0.05, 0.1) is 16.3 Å². The van der Waals surface area contributed by atoms with Crippen LogP contribution in [0.3, 0.4) is 0 Å². The summed E-state index contributed by atoms with van der Waals surface area (Å²) in [7, 11) is 1.81. The highest BCUT2D eigenvalue weighted by Crippen LogP contribution is 2.18. The molecule has 0 aliphatic rings. The summed E-state index contributed by atoms with van der Waals surface area (Å²) in [5, 5.41) is 0. The lowest BCUT2D eigenvalue weighted by molar-refractivity contribution is 0.0790. The van der Waals surface area contributed by atoms with Gasteiger partial charge in [-0.05, 0) is 17.7 Å². The Bertz CT molecular complexity index is 637. The topological polar surface area (TPSA) is 46.3 Å². The van der Waals surface area contributed by atoms with Crippen LogP contribution >= 0.6 is 11.3 Å². The number of hydrogen-bond acceptors (Lipinski definition) is 3. The number of amides is 1. The first-order valence-corrected chi connectivity index (χ1v) is 7.10. The van der Waals surface area contributed by atoms with Crippen molar-refractivity contribution in [2.24, 2.45) is 5.73 Å². The van der Waals surface area contributed by atoms with Gasteiger partial charge in [-0.25, -0.2) is 0 Å². The highest BCUT2D eigenvalue weighted by Gasteiger charge is 2.14. The van der Waals surface area contributed by atoms with E-state index in [-0.39, 0.29) is 5.91 Å². The van der Waals surface area contributed by atoms with E-state index in [1.807, 2.05) is 42.5 Å². The molecule has 0 aliphatic carbocycles. The third kappa shape index (κ3) is 3.70. The van der Waals surface area contributed by atoms with E-state index in [0.29, 0.717) is 18.0 Å². The Hall–Kier alpha value is -2.09. The van der Waals surface area contributed by atoms with E-state index in [0.717, 1.165) is 10.4 Å². The van der Waals surface area contributed by atoms with Crippen LogP contribution in [-0.2, 0) is 6.54 Å². The standard InChI is InChI=1S/C16H16N2OS/c1-18(12-13-6-3-2-4-7-13)16(19)15-10-9-14(20-15)8-5-11-17/h2-4,6-7,9-10H,11-12,17H2,1H3. The summed E-state index contributed by atoms with van der Waals surface area (Å²) < 4.78 is 0. The van der Waals surface area contributed by atoms with Gasteiger partial charge in [0.25, 0.3) is 5.91 Å². The Kier molecular flexibility index (Phi) is 4.94. The number of hydrogen-bond donors (Lipinski definition) is 1. The van der Waals surface area contributed by atoms with Gasteiger partial charge in [-0.2, -0.15) is 0 Å². The number of nitrogens with two attached hydrogens (primary N) is 1. The van der Waals surface area contributed by atoms with Crippen LogP contribution in [0.15, 0.2) is 42.5 Å². The van der Waals surface area contributed by atoms with Crippen molar-refractivity contribution >= 4 is 17.2 Å². The highest BCUT2D eigenvalue weighted by molar-refractivity contribution is 7.14. The lowest BCUT2D eigenvalue weighted by atomic mass is 10.2. The van der Waals surface area contributed by atoms with Crippen LogP contribution in [0.25, 0.3) is 0 Å². The summed E-state index contributed by atoms with van der Waals surface area (Å²) in [6.45, 7) is 0.927. The molecule has 0 saturated heterocycles. The SMILES string of the molecule is CN(Cc1ccccc1)C(=O)c1ccc(C#CCN)s1. The minimum Gasteiger partial charge on any atom is -0.337 e. The number of carbonyl (C=O) groups excluding carboxylic acids is 1. The zero-order chi connectivity index (χ0) is 14.4. The summed E-state index contributed by atoms with van der Waals surface area (Å²) in [5.41, 5.74) is 6.45. The lowest BCUT2D eigenvalue weighted by Gasteiger charge is -2.16. The number of carbonyl (C=O) groups is 1. The minimum atomic E-state index is 0.0136. The quantitative estimate of drug-likeness (QED) is 0.879. The van der Waals surface area contributed by atoms with Crippen molar-refractivity contribution in [3.63, 3.8) is 0 Å². The van der Waals surface area contributed by atoms with Crippen molar-refractivity contribution in [3.8, 4) is 11.8 Å². The average molecular weight is 284 g/mol. The number of thiophene rings is 1. The molecule has 0 atom stereocenters. The van der Waals surface area contributed by atoms with E-state index in [9.17, 15) is 4.79 Å². The summed E-state index contributed by atoms with van der Waals surface area (Å²) >= 11 is 1.40. The summed E-state index contributed by atoms with van der Waals surface area (Å²) in [4.78, 5) is 15.6. The Morgan fingerprint density at radius 2 is 2.00 bits per heavy atom. The van der Waals surface area contributed by atoms with Crippen LogP contribution in [0.2, 0.25) is 0 Å². The molecule has 20 heavy (non-hydrogen) atoms. The highest BCUT2D eigenvalue weighted by atomic mass is 32.1. The zero-order valence-corrected chi connectivity index (χ0v) is 12.1. The van der Waals surface area contributed by atoms with Crippen molar-refractivity contribution < 1.29 is 4.79 Å². The van der Waals surface area contributed by atoms with Gasteiger partial charge in [0, 0.05) is 13.6 Å². The van der Waals surface area contributed by atoms with Crippen LogP contribution in [0.1, 0.15) is 20.1 Å². The van der Waals surface area contributed by atoms with Crippen LogP contribution < -0.4 is 5.73 Å². The smallest absolute Gasteiger partial charge is 0.264 e. The molecule has 1 amide bonds. The largest absolute Gasteiger partial charge is 0.337 e. The van der Waals surface area contributed by atoms with Gasteiger partial charge in [-0.15, -0.1) is 11.3 Å². The van der Waals surface area contributed by atoms with Gasteiger partial charge in [-0.3, -0.25) is 4.79 Å². The Morgan fingerprint density at radius 3 is 2.70 bits per heavy atom. The van der Waals surface area contributed by atoms with Crippen molar-refractivity contribution in [2.45, 2.75) is 6.54 Å². The van der Waals surface area contributed by atoms with Crippen LogP contribution in [-0.4, -0.2) is 24.4 Å². The average Bonchev–Trinajstić information content (AvgIpc) is 2.94. The van der Waals surface area contributed by atoms with E-state index >= 15 is 0 Å². The fourth-order valence-corrected chi connectivity index (χ4v) is 2.65. The molecular formula is C16H16N2OS. The fraction of sp³-hybridized carbons (Fsp3) is 0.188. The first-order valence-electron chi connectivity index (χ1n) is 6.29. The van der Waals surface area contributed by atoms with Crippen molar-refractivity contribution in [1.29, 1.82) is 0 Å². The maximum atomic E-state index is 12.3. The second-order valence-corrected chi connectivity index (χ2v) is 5.40.